The molecule has 89 valence electrons. The Kier molecular flexibility index (Phi) is 7.41. The van der Waals surface area contributed by atoms with Gasteiger partial charge in [0.2, 0.25) is 0 Å². The topological polar surface area (TPSA) is 0 Å². The fraction of sp³-hybridized carbons (Fsp3) is 0.533. The summed E-state index contributed by atoms with van der Waals surface area (Å²) in [6, 6.07) is 10.7. The number of unbranched alkanes of at least 4 members (excludes halogenated alkanes) is 4. The lowest BCUT2D eigenvalue weighted by Gasteiger charge is -2.09. The first-order chi connectivity index (χ1) is 7.83. The van der Waals surface area contributed by atoms with Crippen molar-refractivity contribution < 1.29 is 0 Å². The van der Waals surface area contributed by atoms with E-state index >= 15 is 0 Å². The monoisotopic (exact) mass is 235 g/mol. The molecule has 0 saturated heterocycles. The van der Waals surface area contributed by atoms with Crippen molar-refractivity contribution >= 4 is 11.8 Å². The van der Waals surface area contributed by atoms with Crippen molar-refractivity contribution in [1.82, 2.24) is 0 Å². The molecule has 1 aromatic carbocycles. The standard InChI is InChI=1S/C15H23S/c1-3-4-5-6-8-11-14(2)16-15-12-9-7-10-13-15/h7,9-10,12-13H,3-6,8,11H2,1-2H3. The van der Waals surface area contributed by atoms with E-state index in [-0.39, 0.29) is 0 Å². The van der Waals surface area contributed by atoms with Gasteiger partial charge in [-0.1, -0.05) is 57.2 Å². The Labute approximate surface area is 105 Å². The molecule has 0 N–H and O–H groups in total. The van der Waals surface area contributed by atoms with E-state index < -0.39 is 0 Å². The average Bonchev–Trinajstić information content (AvgIpc) is 2.30. The highest BCUT2D eigenvalue weighted by molar-refractivity contribution is 8.02. The minimum atomic E-state index is 1.27. The van der Waals surface area contributed by atoms with Crippen LogP contribution in [0.3, 0.4) is 0 Å². The third kappa shape index (κ3) is 6.22. The minimum absolute atomic E-state index is 1.27. The zero-order valence-corrected chi connectivity index (χ0v) is 11.4. The highest BCUT2D eigenvalue weighted by Crippen LogP contribution is 2.31. The van der Waals surface area contributed by atoms with Gasteiger partial charge in [0.1, 0.15) is 0 Å². The summed E-state index contributed by atoms with van der Waals surface area (Å²) in [7, 11) is 0. The Morgan fingerprint density at radius 2 is 1.69 bits per heavy atom. The fourth-order valence-corrected chi connectivity index (χ4v) is 2.66. The number of thioether (sulfide) groups is 1. The second kappa shape index (κ2) is 8.69. The van der Waals surface area contributed by atoms with Crippen LogP contribution in [0.15, 0.2) is 35.2 Å². The molecule has 0 nitrogen and oxygen atoms in total. The molecule has 0 aromatic heterocycles. The molecule has 0 amide bonds. The van der Waals surface area contributed by atoms with Crippen LogP contribution in [-0.4, -0.2) is 0 Å². The Balaban J connectivity index is 2.09. The van der Waals surface area contributed by atoms with Crippen molar-refractivity contribution in [1.29, 1.82) is 0 Å². The van der Waals surface area contributed by atoms with Gasteiger partial charge in [-0.3, -0.25) is 0 Å². The van der Waals surface area contributed by atoms with Crippen LogP contribution >= 0.6 is 11.8 Å². The first kappa shape index (κ1) is 13.6. The normalized spacial score (nSPS) is 10.9. The second-order valence-electron chi connectivity index (χ2n) is 4.28. The van der Waals surface area contributed by atoms with E-state index in [1.165, 1.54) is 43.4 Å². The van der Waals surface area contributed by atoms with Gasteiger partial charge in [0.25, 0.3) is 0 Å². The van der Waals surface area contributed by atoms with E-state index in [1.807, 2.05) is 11.8 Å². The SMILES string of the molecule is CCCCCCC[C](C)Sc1ccccc1. The highest BCUT2D eigenvalue weighted by Gasteiger charge is 2.04. The number of benzene rings is 1. The van der Waals surface area contributed by atoms with E-state index in [1.54, 1.807) is 5.25 Å². The first-order valence-electron chi connectivity index (χ1n) is 6.38. The largest absolute Gasteiger partial charge is 0.118 e. The van der Waals surface area contributed by atoms with E-state index in [9.17, 15) is 0 Å². The van der Waals surface area contributed by atoms with Gasteiger partial charge in [0.05, 0.1) is 0 Å². The number of hydrogen-bond acceptors (Lipinski definition) is 1. The van der Waals surface area contributed by atoms with Crippen molar-refractivity contribution in [3.8, 4) is 0 Å². The highest BCUT2D eigenvalue weighted by atomic mass is 32.2. The third-order valence-corrected chi connectivity index (χ3v) is 3.73. The smallest absolute Gasteiger partial charge is 0.0326 e. The van der Waals surface area contributed by atoms with Crippen LogP contribution in [0.2, 0.25) is 0 Å². The van der Waals surface area contributed by atoms with Crippen molar-refractivity contribution in [3.63, 3.8) is 0 Å². The predicted molar refractivity (Wildman–Crippen MR) is 74.6 cm³/mol. The Morgan fingerprint density at radius 3 is 2.38 bits per heavy atom. The molecule has 0 unspecified atom stereocenters. The van der Waals surface area contributed by atoms with Gasteiger partial charge in [-0.25, -0.2) is 0 Å². The second-order valence-corrected chi connectivity index (χ2v) is 5.65. The molecule has 16 heavy (non-hydrogen) atoms. The lowest BCUT2D eigenvalue weighted by atomic mass is 10.1. The van der Waals surface area contributed by atoms with E-state index in [4.69, 9.17) is 0 Å². The minimum Gasteiger partial charge on any atom is -0.118 e. The molecule has 1 rings (SSSR count). The molecule has 0 bridgehead atoms. The van der Waals surface area contributed by atoms with Gasteiger partial charge in [0, 0.05) is 10.1 Å². The summed E-state index contributed by atoms with van der Waals surface area (Å²) in [6.45, 7) is 4.53. The number of rotatable bonds is 8. The van der Waals surface area contributed by atoms with E-state index in [2.05, 4.69) is 44.2 Å². The van der Waals surface area contributed by atoms with Crippen molar-refractivity contribution in [2.45, 2.75) is 57.3 Å². The van der Waals surface area contributed by atoms with Crippen LogP contribution in [0.25, 0.3) is 0 Å². The summed E-state index contributed by atoms with van der Waals surface area (Å²) in [5.41, 5.74) is 0. The molecule has 0 atom stereocenters. The van der Waals surface area contributed by atoms with Gasteiger partial charge in [-0.05, 0) is 25.5 Å². The van der Waals surface area contributed by atoms with Crippen LogP contribution in [0.1, 0.15) is 52.4 Å². The van der Waals surface area contributed by atoms with Gasteiger partial charge in [0.15, 0.2) is 0 Å². The van der Waals surface area contributed by atoms with Crippen LogP contribution in [0, 0.1) is 5.25 Å². The van der Waals surface area contributed by atoms with Crippen LogP contribution in [0.5, 0.6) is 0 Å². The lowest BCUT2D eigenvalue weighted by molar-refractivity contribution is 0.626. The Hall–Kier alpha value is -0.430. The number of hydrogen-bond donors (Lipinski definition) is 0. The van der Waals surface area contributed by atoms with Crippen LogP contribution in [-0.2, 0) is 0 Å². The molecule has 1 aromatic rings. The maximum Gasteiger partial charge on any atom is 0.0326 e. The van der Waals surface area contributed by atoms with Crippen molar-refractivity contribution in [2.24, 2.45) is 0 Å². The van der Waals surface area contributed by atoms with Crippen molar-refractivity contribution in [3.05, 3.63) is 35.6 Å². The van der Waals surface area contributed by atoms with Crippen molar-refractivity contribution in [2.75, 3.05) is 0 Å². The molecule has 0 aliphatic heterocycles. The zero-order chi connectivity index (χ0) is 11.6. The van der Waals surface area contributed by atoms with Crippen LogP contribution < -0.4 is 0 Å². The molecule has 0 heterocycles. The van der Waals surface area contributed by atoms with Gasteiger partial charge < -0.3 is 0 Å². The van der Waals surface area contributed by atoms with E-state index in [0.717, 1.165) is 0 Å². The zero-order valence-electron chi connectivity index (χ0n) is 10.5. The fourth-order valence-electron chi connectivity index (χ4n) is 1.72. The molecule has 0 fully saturated rings. The van der Waals surface area contributed by atoms with Gasteiger partial charge >= 0.3 is 0 Å². The molecule has 0 aliphatic carbocycles. The molecular formula is C15H23S. The molecule has 0 aliphatic rings. The summed E-state index contributed by atoms with van der Waals surface area (Å²) >= 11 is 1.92. The van der Waals surface area contributed by atoms with Gasteiger partial charge in [-0.15, -0.1) is 11.8 Å². The maximum atomic E-state index is 2.27. The average molecular weight is 235 g/mol. The van der Waals surface area contributed by atoms with Crippen LogP contribution in [0.4, 0.5) is 0 Å². The molecular weight excluding hydrogens is 212 g/mol. The summed E-state index contributed by atoms with van der Waals surface area (Å²) in [4.78, 5) is 1.37. The first-order valence-corrected chi connectivity index (χ1v) is 7.20. The predicted octanol–water partition coefficient (Wildman–Crippen LogP) is 5.69. The maximum absolute atomic E-state index is 2.27. The quantitative estimate of drug-likeness (QED) is 0.412. The summed E-state index contributed by atoms with van der Waals surface area (Å²) in [6.07, 6.45) is 8.14. The van der Waals surface area contributed by atoms with E-state index in [0.29, 0.717) is 0 Å². The molecule has 1 heteroatoms. The van der Waals surface area contributed by atoms with Gasteiger partial charge in [-0.2, -0.15) is 0 Å². The molecule has 0 saturated carbocycles. The Bertz CT molecular complexity index is 255. The molecule has 0 spiro atoms. The molecule has 1 radical (unpaired) electrons. The Morgan fingerprint density at radius 1 is 1.00 bits per heavy atom. The summed E-state index contributed by atoms with van der Waals surface area (Å²) in [5, 5.41) is 1.54. The lowest BCUT2D eigenvalue weighted by Crippen LogP contribution is -1.87. The summed E-state index contributed by atoms with van der Waals surface area (Å²) < 4.78 is 0. The third-order valence-electron chi connectivity index (χ3n) is 2.67. The summed E-state index contributed by atoms with van der Waals surface area (Å²) in [5.74, 6) is 0.